The molecular weight excluding hydrogens is 418 g/mol. The van der Waals surface area contributed by atoms with Gasteiger partial charge in [-0.05, 0) is 49.2 Å². The minimum absolute atomic E-state index is 0.150. The SMILES string of the molecule is COC(=O)Cn1c(=NC(=O)c2cc(Cl)ccc2[N+](=O)[O-])sc2cc(C)c(C)cc21. The first-order valence-corrected chi connectivity index (χ1v) is 9.61. The summed E-state index contributed by atoms with van der Waals surface area (Å²) < 4.78 is 7.13. The molecule has 0 saturated carbocycles. The number of ether oxygens (including phenoxy) is 1. The van der Waals surface area contributed by atoms with E-state index in [-0.39, 0.29) is 21.9 Å². The zero-order chi connectivity index (χ0) is 21.3. The Labute approximate surface area is 174 Å². The van der Waals surface area contributed by atoms with Crippen LogP contribution in [-0.2, 0) is 16.1 Å². The zero-order valence-electron chi connectivity index (χ0n) is 15.8. The highest BCUT2D eigenvalue weighted by Crippen LogP contribution is 2.25. The van der Waals surface area contributed by atoms with Crippen LogP contribution < -0.4 is 4.80 Å². The third kappa shape index (κ3) is 4.20. The molecule has 1 aromatic heterocycles. The number of nitro benzene ring substituents is 1. The van der Waals surface area contributed by atoms with Gasteiger partial charge in [0.25, 0.3) is 11.6 Å². The maximum atomic E-state index is 12.8. The molecule has 0 atom stereocenters. The van der Waals surface area contributed by atoms with E-state index >= 15 is 0 Å². The molecule has 0 aliphatic heterocycles. The third-order valence-electron chi connectivity index (χ3n) is 4.40. The maximum Gasteiger partial charge on any atom is 0.325 e. The molecule has 0 spiro atoms. The van der Waals surface area contributed by atoms with E-state index in [1.807, 2.05) is 26.0 Å². The fraction of sp³-hybridized carbons (Fsp3) is 0.211. The summed E-state index contributed by atoms with van der Waals surface area (Å²) in [5.74, 6) is -1.33. The molecular formula is C19H16ClN3O5S. The van der Waals surface area contributed by atoms with Crippen molar-refractivity contribution in [2.75, 3.05) is 7.11 Å². The van der Waals surface area contributed by atoms with Gasteiger partial charge in [-0.2, -0.15) is 4.99 Å². The van der Waals surface area contributed by atoms with Gasteiger partial charge in [0.2, 0.25) is 0 Å². The second kappa shape index (κ2) is 8.14. The number of carbonyl (C=O) groups is 2. The molecule has 0 fully saturated rings. The van der Waals surface area contributed by atoms with E-state index in [4.69, 9.17) is 16.3 Å². The molecule has 3 aromatic rings. The third-order valence-corrected chi connectivity index (χ3v) is 5.67. The Balaban J connectivity index is 2.23. The fourth-order valence-corrected chi connectivity index (χ4v) is 4.02. The molecule has 150 valence electrons. The van der Waals surface area contributed by atoms with Crippen molar-refractivity contribution in [3.8, 4) is 0 Å². The normalized spacial score (nSPS) is 11.7. The number of amides is 1. The summed E-state index contributed by atoms with van der Waals surface area (Å²) in [6.07, 6.45) is 0. The van der Waals surface area contributed by atoms with Crippen LogP contribution in [-0.4, -0.2) is 28.5 Å². The van der Waals surface area contributed by atoms with E-state index in [0.29, 0.717) is 0 Å². The number of aromatic nitrogens is 1. The lowest BCUT2D eigenvalue weighted by Gasteiger charge is -2.05. The Bertz CT molecular complexity index is 1230. The quantitative estimate of drug-likeness (QED) is 0.353. The summed E-state index contributed by atoms with van der Waals surface area (Å²) >= 11 is 7.11. The van der Waals surface area contributed by atoms with E-state index in [2.05, 4.69) is 4.99 Å². The van der Waals surface area contributed by atoms with Crippen LogP contribution in [0.1, 0.15) is 21.5 Å². The molecule has 0 bridgehead atoms. The number of nitro groups is 1. The number of methoxy groups -OCH3 is 1. The van der Waals surface area contributed by atoms with Crippen LogP contribution in [0.4, 0.5) is 5.69 Å². The van der Waals surface area contributed by atoms with Crippen molar-refractivity contribution in [2.45, 2.75) is 20.4 Å². The van der Waals surface area contributed by atoms with Crippen molar-refractivity contribution >= 4 is 50.7 Å². The Kier molecular flexibility index (Phi) is 5.81. The lowest BCUT2D eigenvalue weighted by atomic mass is 10.1. The number of esters is 1. The topological polar surface area (TPSA) is 104 Å². The lowest BCUT2D eigenvalue weighted by molar-refractivity contribution is -0.385. The smallest absolute Gasteiger partial charge is 0.325 e. The van der Waals surface area contributed by atoms with Gasteiger partial charge in [-0.3, -0.25) is 19.7 Å². The van der Waals surface area contributed by atoms with Crippen LogP contribution >= 0.6 is 22.9 Å². The minimum Gasteiger partial charge on any atom is -0.468 e. The fourth-order valence-electron chi connectivity index (χ4n) is 2.74. The molecule has 3 rings (SSSR count). The van der Waals surface area contributed by atoms with Gasteiger partial charge in [0, 0.05) is 11.1 Å². The molecule has 0 aliphatic rings. The lowest BCUT2D eigenvalue weighted by Crippen LogP contribution is -2.22. The van der Waals surface area contributed by atoms with Crippen LogP contribution in [0.2, 0.25) is 5.02 Å². The molecule has 1 heterocycles. The molecule has 1 amide bonds. The second-order valence-electron chi connectivity index (χ2n) is 6.29. The van der Waals surface area contributed by atoms with Gasteiger partial charge < -0.3 is 9.30 Å². The molecule has 29 heavy (non-hydrogen) atoms. The Morgan fingerprint density at radius 1 is 1.24 bits per heavy atom. The number of halogens is 1. The molecule has 0 unspecified atom stereocenters. The van der Waals surface area contributed by atoms with Crippen molar-refractivity contribution < 1.29 is 19.2 Å². The minimum atomic E-state index is -0.821. The van der Waals surface area contributed by atoms with Gasteiger partial charge in [-0.25, -0.2) is 0 Å². The predicted molar refractivity (Wildman–Crippen MR) is 109 cm³/mol. The largest absolute Gasteiger partial charge is 0.468 e. The maximum absolute atomic E-state index is 12.8. The molecule has 0 radical (unpaired) electrons. The Morgan fingerprint density at radius 3 is 2.59 bits per heavy atom. The van der Waals surface area contributed by atoms with Gasteiger partial charge >= 0.3 is 5.97 Å². The van der Waals surface area contributed by atoms with E-state index in [1.165, 1.54) is 30.6 Å². The van der Waals surface area contributed by atoms with Crippen molar-refractivity contribution in [3.05, 3.63) is 67.0 Å². The van der Waals surface area contributed by atoms with Crippen molar-refractivity contribution in [1.29, 1.82) is 0 Å². The van der Waals surface area contributed by atoms with Gasteiger partial charge in [0.1, 0.15) is 12.1 Å². The Morgan fingerprint density at radius 2 is 1.93 bits per heavy atom. The first-order valence-electron chi connectivity index (χ1n) is 8.41. The van der Waals surface area contributed by atoms with Crippen LogP contribution in [0.25, 0.3) is 10.2 Å². The number of benzene rings is 2. The van der Waals surface area contributed by atoms with Crippen LogP contribution in [0.5, 0.6) is 0 Å². The predicted octanol–water partition coefficient (Wildman–Crippen LogP) is 3.80. The summed E-state index contributed by atoms with van der Waals surface area (Å²) in [5, 5.41) is 11.4. The molecule has 0 aliphatic carbocycles. The van der Waals surface area contributed by atoms with Crippen LogP contribution in [0, 0.1) is 24.0 Å². The number of hydrogen-bond acceptors (Lipinski definition) is 6. The van der Waals surface area contributed by atoms with Crippen molar-refractivity contribution in [2.24, 2.45) is 4.99 Å². The average molecular weight is 434 g/mol. The number of fused-ring (bicyclic) bond motifs is 1. The molecule has 2 aromatic carbocycles. The summed E-state index contributed by atoms with van der Waals surface area (Å²) in [6, 6.07) is 7.53. The molecule has 0 saturated heterocycles. The van der Waals surface area contributed by atoms with Gasteiger partial charge in [0.15, 0.2) is 4.80 Å². The number of aryl methyl sites for hydroxylation is 2. The standard InChI is InChI=1S/C19H16ClN3O5S/c1-10-6-15-16(7-11(10)2)29-19(22(15)9-17(24)28-3)21-18(25)13-8-12(20)4-5-14(13)23(26)27/h4-8H,9H2,1-3H3. The van der Waals surface area contributed by atoms with Crippen molar-refractivity contribution in [3.63, 3.8) is 0 Å². The molecule has 0 N–H and O–H groups in total. The van der Waals surface area contributed by atoms with Crippen LogP contribution in [0.3, 0.4) is 0 Å². The van der Waals surface area contributed by atoms with Gasteiger partial charge in [-0.15, -0.1) is 0 Å². The molecule has 10 heteroatoms. The van der Waals surface area contributed by atoms with Crippen molar-refractivity contribution in [1.82, 2.24) is 4.57 Å². The number of hydrogen-bond donors (Lipinski definition) is 0. The number of rotatable bonds is 4. The Hall–Kier alpha value is -3.04. The summed E-state index contributed by atoms with van der Waals surface area (Å²) in [5.41, 5.74) is 2.16. The van der Waals surface area contributed by atoms with Gasteiger partial charge in [0.05, 0.1) is 22.2 Å². The monoisotopic (exact) mass is 433 g/mol. The zero-order valence-corrected chi connectivity index (χ0v) is 17.3. The second-order valence-corrected chi connectivity index (χ2v) is 7.73. The number of carbonyl (C=O) groups excluding carboxylic acids is 2. The van der Waals surface area contributed by atoms with E-state index in [1.54, 1.807) is 4.57 Å². The van der Waals surface area contributed by atoms with Crippen LogP contribution in [0.15, 0.2) is 35.3 Å². The first-order chi connectivity index (χ1) is 13.7. The number of nitrogens with zero attached hydrogens (tertiary/aromatic N) is 3. The van der Waals surface area contributed by atoms with E-state index in [0.717, 1.165) is 27.4 Å². The summed E-state index contributed by atoms with van der Waals surface area (Å²) in [4.78, 5) is 39.6. The highest BCUT2D eigenvalue weighted by atomic mass is 35.5. The number of thiazole rings is 1. The molecule has 8 nitrogen and oxygen atoms in total. The highest BCUT2D eigenvalue weighted by molar-refractivity contribution is 7.16. The van der Waals surface area contributed by atoms with Gasteiger partial charge in [-0.1, -0.05) is 22.9 Å². The highest BCUT2D eigenvalue weighted by Gasteiger charge is 2.21. The average Bonchev–Trinajstić information content (AvgIpc) is 2.97. The van der Waals surface area contributed by atoms with E-state index < -0.39 is 22.5 Å². The first kappa shape index (κ1) is 20.7. The summed E-state index contributed by atoms with van der Waals surface area (Å²) in [7, 11) is 1.27. The van der Waals surface area contributed by atoms with E-state index in [9.17, 15) is 19.7 Å². The summed E-state index contributed by atoms with van der Waals surface area (Å²) in [6.45, 7) is 3.74.